The number of hydrogen-bond donors (Lipinski definition) is 1. The molecule has 31 heavy (non-hydrogen) atoms. The van der Waals surface area contributed by atoms with E-state index in [0.717, 1.165) is 11.1 Å². The Bertz CT molecular complexity index is 905. The van der Waals surface area contributed by atoms with Crippen molar-refractivity contribution in [1.82, 2.24) is 4.90 Å². The number of hydrogen-bond acceptors (Lipinski definition) is 5. The van der Waals surface area contributed by atoms with E-state index in [1.165, 1.54) is 4.90 Å². The van der Waals surface area contributed by atoms with E-state index in [-0.39, 0.29) is 12.3 Å². The van der Waals surface area contributed by atoms with Crippen LogP contribution in [0.5, 0.6) is 11.5 Å². The zero-order chi connectivity index (χ0) is 23.0. The molecule has 0 aliphatic heterocycles. The molecule has 7 heteroatoms. The van der Waals surface area contributed by atoms with Gasteiger partial charge in [0.15, 0.2) is 11.5 Å². The van der Waals surface area contributed by atoms with E-state index in [1.807, 2.05) is 63.2 Å². The summed E-state index contributed by atoms with van der Waals surface area (Å²) in [6.45, 7) is 5.79. The lowest BCUT2D eigenvalue weighted by Crippen LogP contribution is -2.34. The molecule has 0 aliphatic rings. The molecule has 0 radical (unpaired) electrons. The molecule has 2 rings (SSSR count). The van der Waals surface area contributed by atoms with Crippen LogP contribution in [0.15, 0.2) is 42.5 Å². The molecule has 0 heterocycles. The third kappa shape index (κ3) is 7.20. The van der Waals surface area contributed by atoms with Gasteiger partial charge in [0.05, 0.1) is 20.8 Å². The summed E-state index contributed by atoms with van der Waals surface area (Å²) < 4.78 is 16.1. The first-order valence-corrected chi connectivity index (χ1v) is 10.2. The van der Waals surface area contributed by atoms with E-state index < -0.39 is 11.7 Å². The maximum atomic E-state index is 12.6. The molecular formula is C24H32N2O5. The number of rotatable bonds is 8. The second-order valence-corrected chi connectivity index (χ2v) is 8.19. The standard InChI is InChI=1S/C24H32N2O5/c1-24(2,3)31-23(28)26(4)16-18-10-7-8-12-19(18)25-21(27)15-14-17-11-9-13-20(29-5)22(17)30-6/h7-13H,14-16H2,1-6H3,(H,25,27). The highest BCUT2D eigenvalue weighted by Crippen LogP contribution is 2.31. The third-order valence-electron chi connectivity index (χ3n) is 4.51. The van der Waals surface area contributed by atoms with Crippen molar-refractivity contribution in [1.29, 1.82) is 0 Å². The molecule has 1 N–H and O–H groups in total. The highest BCUT2D eigenvalue weighted by molar-refractivity contribution is 5.91. The number of anilines is 1. The van der Waals surface area contributed by atoms with Crippen LogP contribution in [0.3, 0.4) is 0 Å². The van der Waals surface area contributed by atoms with Gasteiger partial charge in [-0.15, -0.1) is 0 Å². The largest absolute Gasteiger partial charge is 0.493 e. The monoisotopic (exact) mass is 428 g/mol. The smallest absolute Gasteiger partial charge is 0.410 e. The molecule has 7 nitrogen and oxygen atoms in total. The zero-order valence-electron chi connectivity index (χ0n) is 19.2. The molecular weight excluding hydrogens is 396 g/mol. The normalized spacial score (nSPS) is 10.9. The van der Waals surface area contributed by atoms with Gasteiger partial charge >= 0.3 is 6.09 Å². The molecule has 2 amide bonds. The molecule has 0 aliphatic carbocycles. The highest BCUT2D eigenvalue weighted by Gasteiger charge is 2.20. The molecule has 168 valence electrons. The van der Waals surface area contributed by atoms with Crippen LogP contribution in [0.1, 0.15) is 38.3 Å². The number of nitrogens with zero attached hydrogens (tertiary/aromatic N) is 1. The Morgan fingerprint density at radius 3 is 2.29 bits per heavy atom. The Balaban J connectivity index is 2.03. The average molecular weight is 429 g/mol. The summed E-state index contributed by atoms with van der Waals surface area (Å²) in [7, 11) is 4.83. The summed E-state index contributed by atoms with van der Waals surface area (Å²) in [5, 5.41) is 2.95. The van der Waals surface area contributed by atoms with E-state index in [9.17, 15) is 9.59 Å². The molecule has 0 bridgehead atoms. The number of carbonyl (C=O) groups is 2. The lowest BCUT2D eigenvalue weighted by molar-refractivity contribution is -0.116. The predicted molar refractivity (Wildman–Crippen MR) is 121 cm³/mol. The van der Waals surface area contributed by atoms with Crippen molar-refractivity contribution in [3.8, 4) is 11.5 Å². The number of methoxy groups -OCH3 is 2. The van der Waals surface area contributed by atoms with Crippen LogP contribution < -0.4 is 14.8 Å². The predicted octanol–water partition coefficient (Wildman–Crippen LogP) is 4.64. The van der Waals surface area contributed by atoms with Crippen LogP contribution in [0.2, 0.25) is 0 Å². The number of aryl methyl sites for hydroxylation is 1. The Morgan fingerprint density at radius 2 is 1.65 bits per heavy atom. The van der Waals surface area contributed by atoms with Crippen molar-refractivity contribution in [2.75, 3.05) is 26.6 Å². The number of ether oxygens (including phenoxy) is 3. The third-order valence-corrected chi connectivity index (χ3v) is 4.51. The number of amides is 2. The van der Waals surface area contributed by atoms with Gasteiger partial charge in [0.25, 0.3) is 0 Å². The van der Waals surface area contributed by atoms with Crippen LogP contribution >= 0.6 is 0 Å². The second-order valence-electron chi connectivity index (χ2n) is 8.19. The summed E-state index contributed by atoms with van der Waals surface area (Å²) in [5.41, 5.74) is 1.82. The fourth-order valence-electron chi connectivity index (χ4n) is 3.05. The van der Waals surface area contributed by atoms with Gasteiger partial charge in [0, 0.05) is 19.2 Å². The maximum Gasteiger partial charge on any atom is 0.410 e. The fraction of sp³-hybridized carbons (Fsp3) is 0.417. The molecule has 0 unspecified atom stereocenters. The minimum absolute atomic E-state index is 0.128. The molecule has 0 spiro atoms. The Labute approximate surface area is 184 Å². The van der Waals surface area contributed by atoms with E-state index >= 15 is 0 Å². The second kappa shape index (κ2) is 10.7. The first-order chi connectivity index (χ1) is 14.6. The fourth-order valence-corrected chi connectivity index (χ4v) is 3.05. The molecule has 2 aromatic carbocycles. The van der Waals surface area contributed by atoms with Crippen LogP contribution in [0, 0.1) is 0 Å². The Morgan fingerprint density at radius 1 is 0.968 bits per heavy atom. The van der Waals surface area contributed by atoms with E-state index in [1.54, 1.807) is 21.3 Å². The van der Waals surface area contributed by atoms with Crippen LogP contribution in [0.4, 0.5) is 10.5 Å². The Kier molecular flexibility index (Phi) is 8.30. The first kappa shape index (κ1) is 24.1. The van der Waals surface area contributed by atoms with Gasteiger partial charge in [-0.1, -0.05) is 30.3 Å². The van der Waals surface area contributed by atoms with Crippen LogP contribution in [-0.4, -0.2) is 43.8 Å². The molecule has 0 atom stereocenters. The molecule has 2 aromatic rings. The summed E-state index contributed by atoms with van der Waals surface area (Å²) in [4.78, 5) is 26.4. The molecule has 0 aromatic heterocycles. The van der Waals surface area contributed by atoms with E-state index in [0.29, 0.717) is 30.2 Å². The molecule has 0 saturated heterocycles. The topological polar surface area (TPSA) is 77.1 Å². The first-order valence-electron chi connectivity index (χ1n) is 10.2. The van der Waals surface area contributed by atoms with Gasteiger partial charge in [-0.05, 0) is 50.5 Å². The van der Waals surface area contributed by atoms with Crippen molar-refractivity contribution >= 4 is 17.7 Å². The summed E-state index contributed by atoms with van der Waals surface area (Å²) in [6.07, 6.45) is 0.366. The lowest BCUT2D eigenvalue weighted by atomic mass is 10.1. The quantitative estimate of drug-likeness (QED) is 0.663. The van der Waals surface area contributed by atoms with E-state index in [4.69, 9.17) is 14.2 Å². The van der Waals surface area contributed by atoms with Crippen molar-refractivity contribution in [3.63, 3.8) is 0 Å². The van der Waals surface area contributed by atoms with Gasteiger partial charge in [-0.25, -0.2) is 4.79 Å². The summed E-state index contributed by atoms with van der Waals surface area (Å²) in [5.74, 6) is 1.14. The minimum atomic E-state index is -0.569. The van der Waals surface area contributed by atoms with Crippen LogP contribution in [-0.2, 0) is 22.5 Å². The number of nitrogens with one attached hydrogen (secondary N) is 1. The molecule has 0 fully saturated rings. The van der Waals surface area contributed by atoms with Gasteiger partial charge in [-0.3, -0.25) is 4.79 Å². The van der Waals surface area contributed by atoms with Gasteiger partial charge < -0.3 is 24.4 Å². The number of carbonyl (C=O) groups excluding carboxylic acids is 2. The van der Waals surface area contributed by atoms with Gasteiger partial charge in [-0.2, -0.15) is 0 Å². The Hall–Kier alpha value is -3.22. The average Bonchev–Trinajstić information content (AvgIpc) is 2.71. The lowest BCUT2D eigenvalue weighted by Gasteiger charge is -2.25. The number of benzene rings is 2. The maximum absolute atomic E-state index is 12.6. The summed E-state index contributed by atoms with van der Waals surface area (Å²) >= 11 is 0. The van der Waals surface area contributed by atoms with Crippen molar-refractivity contribution in [2.24, 2.45) is 0 Å². The minimum Gasteiger partial charge on any atom is -0.493 e. The van der Waals surface area contributed by atoms with E-state index in [2.05, 4.69) is 5.32 Å². The molecule has 0 saturated carbocycles. The van der Waals surface area contributed by atoms with Crippen molar-refractivity contribution in [2.45, 2.75) is 45.8 Å². The van der Waals surface area contributed by atoms with Crippen LogP contribution in [0.25, 0.3) is 0 Å². The number of para-hydroxylation sites is 2. The van der Waals surface area contributed by atoms with Gasteiger partial charge in [0.1, 0.15) is 5.60 Å². The highest BCUT2D eigenvalue weighted by atomic mass is 16.6. The van der Waals surface area contributed by atoms with Crippen molar-refractivity contribution in [3.05, 3.63) is 53.6 Å². The SMILES string of the molecule is COc1cccc(CCC(=O)Nc2ccccc2CN(C)C(=O)OC(C)(C)C)c1OC. The van der Waals surface area contributed by atoms with Gasteiger partial charge in [0.2, 0.25) is 5.91 Å². The summed E-state index contributed by atoms with van der Waals surface area (Å²) in [6, 6.07) is 13.0. The van der Waals surface area contributed by atoms with Crippen molar-refractivity contribution < 1.29 is 23.8 Å². The zero-order valence-corrected chi connectivity index (χ0v) is 19.2.